The summed E-state index contributed by atoms with van der Waals surface area (Å²) in [5, 5.41) is 3.59. The maximum Gasteiger partial charge on any atom is 0.336 e. The average molecular weight is 400 g/mol. The van der Waals surface area contributed by atoms with Crippen LogP contribution >= 0.6 is 0 Å². The van der Waals surface area contributed by atoms with Gasteiger partial charge in [0.2, 0.25) is 0 Å². The van der Waals surface area contributed by atoms with Crippen molar-refractivity contribution < 1.29 is 13.9 Å². The smallest absolute Gasteiger partial charge is 0.336 e. The Morgan fingerprint density at radius 2 is 1.87 bits per heavy atom. The summed E-state index contributed by atoms with van der Waals surface area (Å²) >= 11 is 0. The van der Waals surface area contributed by atoms with Crippen LogP contribution in [0, 0.1) is 0 Å². The van der Waals surface area contributed by atoms with Crippen molar-refractivity contribution >= 4 is 16.9 Å². The summed E-state index contributed by atoms with van der Waals surface area (Å²) in [5.74, 6) is 0.177. The fraction of sp³-hybridized carbons (Fsp3) is 0.125. The summed E-state index contributed by atoms with van der Waals surface area (Å²) < 4.78 is 11.1. The minimum atomic E-state index is -0.727. The Bertz CT molecular complexity index is 1220. The number of hydrogen-bond donors (Lipinski definition) is 1. The van der Waals surface area contributed by atoms with E-state index >= 15 is 0 Å². The van der Waals surface area contributed by atoms with E-state index in [1.165, 1.54) is 6.07 Å². The van der Waals surface area contributed by atoms with E-state index in [1.807, 2.05) is 54.6 Å². The predicted octanol–water partition coefficient (Wildman–Crippen LogP) is 3.94. The zero-order valence-electron chi connectivity index (χ0n) is 16.4. The van der Waals surface area contributed by atoms with Gasteiger partial charge in [0, 0.05) is 23.7 Å². The Labute approximate surface area is 173 Å². The number of carbonyl (C=O) groups excluding carboxylic acids is 1. The van der Waals surface area contributed by atoms with Gasteiger partial charge < -0.3 is 14.5 Å². The molecule has 0 fully saturated rings. The molecule has 0 aliphatic carbocycles. The lowest BCUT2D eigenvalue weighted by molar-refractivity contribution is -0.127. The van der Waals surface area contributed by atoms with Crippen LogP contribution in [0.5, 0.6) is 5.75 Å². The SMILES string of the molecule is C[C@H](Oc1ccc2c(-c3ccccc3)cc(=O)oc2c1)C(=O)NCc1ccccn1. The van der Waals surface area contributed by atoms with Crippen molar-refractivity contribution in [2.24, 2.45) is 0 Å². The van der Waals surface area contributed by atoms with E-state index in [0.29, 0.717) is 17.9 Å². The fourth-order valence-corrected chi connectivity index (χ4v) is 3.15. The van der Waals surface area contributed by atoms with E-state index in [0.717, 1.165) is 22.2 Å². The number of pyridine rings is 1. The summed E-state index contributed by atoms with van der Waals surface area (Å²) in [6.45, 7) is 1.98. The molecule has 0 radical (unpaired) electrons. The molecular weight excluding hydrogens is 380 g/mol. The third-order valence-electron chi connectivity index (χ3n) is 4.65. The first-order valence-corrected chi connectivity index (χ1v) is 9.58. The molecule has 6 nitrogen and oxygen atoms in total. The van der Waals surface area contributed by atoms with Crippen molar-refractivity contribution in [2.75, 3.05) is 0 Å². The number of nitrogens with zero attached hydrogens (tertiary/aromatic N) is 1. The summed E-state index contributed by atoms with van der Waals surface area (Å²) in [6.07, 6.45) is 0.948. The number of ether oxygens (including phenoxy) is 1. The van der Waals surface area contributed by atoms with Crippen LogP contribution in [0.2, 0.25) is 0 Å². The number of benzene rings is 2. The first-order valence-electron chi connectivity index (χ1n) is 9.58. The van der Waals surface area contributed by atoms with Crippen molar-refractivity contribution in [3.63, 3.8) is 0 Å². The number of carbonyl (C=O) groups is 1. The van der Waals surface area contributed by atoms with Gasteiger partial charge in [-0.1, -0.05) is 36.4 Å². The van der Waals surface area contributed by atoms with Crippen LogP contribution in [-0.2, 0) is 11.3 Å². The Balaban J connectivity index is 1.52. The number of rotatable bonds is 6. The van der Waals surface area contributed by atoms with Crippen LogP contribution < -0.4 is 15.7 Å². The summed E-state index contributed by atoms with van der Waals surface area (Å²) in [5.41, 5.74) is 2.43. The van der Waals surface area contributed by atoms with Gasteiger partial charge in [0.25, 0.3) is 5.91 Å². The predicted molar refractivity (Wildman–Crippen MR) is 114 cm³/mol. The fourth-order valence-electron chi connectivity index (χ4n) is 3.15. The van der Waals surface area contributed by atoms with Crippen LogP contribution in [0.25, 0.3) is 22.1 Å². The largest absolute Gasteiger partial charge is 0.481 e. The van der Waals surface area contributed by atoms with Gasteiger partial charge in [-0.25, -0.2) is 4.79 Å². The van der Waals surface area contributed by atoms with E-state index in [2.05, 4.69) is 10.3 Å². The second kappa shape index (κ2) is 8.61. The second-order valence-corrected chi connectivity index (χ2v) is 6.80. The Kier molecular flexibility index (Phi) is 5.57. The van der Waals surface area contributed by atoms with E-state index in [9.17, 15) is 9.59 Å². The third kappa shape index (κ3) is 4.38. The van der Waals surface area contributed by atoms with Crippen molar-refractivity contribution in [3.8, 4) is 16.9 Å². The molecule has 0 saturated carbocycles. The molecule has 2 aromatic carbocycles. The highest BCUT2D eigenvalue weighted by Crippen LogP contribution is 2.29. The van der Waals surface area contributed by atoms with Gasteiger partial charge in [0.15, 0.2) is 6.10 Å². The highest BCUT2D eigenvalue weighted by atomic mass is 16.5. The van der Waals surface area contributed by atoms with Gasteiger partial charge in [-0.05, 0) is 42.3 Å². The molecule has 0 aliphatic rings. The molecule has 4 aromatic rings. The van der Waals surface area contributed by atoms with Crippen LogP contribution in [0.4, 0.5) is 0 Å². The molecule has 2 heterocycles. The minimum absolute atomic E-state index is 0.264. The molecule has 1 atom stereocenters. The number of aromatic nitrogens is 1. The van der Waals surface area contributed by atoms with Crippen LogP contribution in [-0.4, -0.2) is 17.0 Å². The van der Waals surface area contributed by atoms with E-state index in [4.69, 9.17) is 9.15 Å². The van der Waals surface area contributed by atoms with Crippen molar-refractivity contribution in [1.82, 2.24) is 10.3 Å². The summed E-state index contributed by atoms with van der Waals surface area (Å²) in [6, 6.07) is 21.8. The summed E-state index contributed by atoms with van der Waals surface area (Å²) in [4.78, 5) is 28.6. The zero-order chi connectivity index (χ0) is 20.9. The zero-order valence-corrected chi connectivity index (χ0v) is 16.4. The molecule has 0 spiro atoms. The maximum atomic E-state index is 12.3. The number of fused-ring (bicyclic) bond motifs is 1. The number of nitrogens with one attached hydrogen (secondary N) is 1. The van der Waals surface area contributed by atoms with Crippen molar-refractivity contribution in [2.45, 2.75) is 19.6 Å². The standard InChI is InChI=1S/C24H20N2O4/c1-16(24(28)26-15-18-9-5-6-12-25-18)29-19-10-11-20-21(17-7-3-2-4-8-17)14-23(27)30-22(20)13-19/h2-14,16H,15H2,1H3,(H,26,28)/t16-/m0/s1. The van der Waals surface area contributed by atoms with Crippen LogP contribution in [0.1, 0.15) is 12.6 Å². The maximum absolute atomic E-state index is 12.3. The van der Waals surface area contributed by atoms with E-state index in [1.54, 1.807) is 25.3 Å². The van der Waals surface area contributed by atoms with E-state index in [-0.39, 0.29) is 5.91 Å². The second-order valence-electron chi connectivity index (χ2n) is 6.80. The van der Waals surface area contributed by atoms with Crippen molar-refractivity contribution in [3.05, 3.63) is 95.1 Å². The average Bonchev–Trinajstić information content (AvgIpc) is 2.78. The van der Waals surface area contributed by atoms with Gasteiger partial charge in [-0.3, -0.25) is 9.78 Å². The normalized spacial score (nSPS) is 11.8. The molecule has 4 rings (SSSR count). The topological polar surface area (TPSA) is 81.4 Å². The van der Waals surface area contributed by atoms with Crippen LogP contribution in [0.3, 0.4) is 0 Å². The van der Waals surface area contributed by atoms with Gasteiger partial charge in [0.1, 0.15) is 11.3 Å². The van der Waals surface area contributed by atoms with Crippen molar-refractivity contribution in [1.29, 1.82) is 0 Å². The number of amides is 1. The molecule has 0 saturated heterocycles. The quantitative estimate of drug-likeness (QED) is 0.496. The minimum Gasteiger partial charge on any atom is -0.481 e. The Morgan fingerprint density at radius 3 is 2.63 bits per heavy atom. The first kappa shape index (κ1) is 19.4. The lowest BCUT2D eigenvalue weighted by Crippen LogP contribution is -2.36. The van der Waals surface area contributed by atoms with Gasteiger partial charge in [-0.15, -0.1) is 0 Å². The highest BCUT2D eigenvalue weighted by molar-refractivity contribution is 5.93. The molecular formula is C24H20N2O4. The molecule has 1 amide bonds. The summed E-state index contributed by atoms with van der Waals surface area (Å²) in [7, 11) is 0. The first-order chi connectivity index (χ1) is 14.6. The number of hydrogen-bond acceptors (Lipinski definition) is 5. The third-order valence-corrected chi connectivity index (χ3v) is 4.65. The molecule has 150 valence electrons. The van der Waals surface area contributed by atoms with Gasteiger partial charge in [0.05, 0.1) is 12.2 Å². The molecule has 1 N–H and O–H groups in total. The molecule has 30 heavy (non-hydrogen) atoms. The lowest BCUT2D eigenvalue weighted by Gasteiger charge is -2.15. The van der Waals surface area contributed by atoms with E-state index < -0.39 is 11.7 Å². The van der Waals surface area contributed by atoms with Gasteiger partial charge in [-0.2, -0.15) is 0 Å². The molecule has 0 bridgehead atoms. The van der Waals surface area contributed by atoms with Crippen LogP contribution in [0.15, 0.2) is 88.2 Å². The Morgan fingerprint density at radius 1 is 1.07 bits per heavy atom. The molecule has 2 aromatic heterocycles. The monoisotopic (exact) mass is 400 g/mol. The highest BCUT2D eigenvalue weighted by Gasteiger charge is 2.16. The lowest BCUT2D eigenvalue weighted by atomic mass is 10.0. The Hall–Kier alpha value is -3.93. The molecule has 6 heteroatoms. The van der Waals surface area contributed by atoms with Gasteiger partial charge >= 0.3 is 5.63 Å². The molecule has 0 unspecified atom stereocenters. The molecule has 0 aliphatic heterocycles.